The molecule has 1 aromatic rings. The minimum Gasteiger partial charge on any atom is -0.381 e. The summed E-state index contributed by atoms with van der Waals surface area (Å²) in [6, 6.07) is 6.73. The molecule has 1 N–H and O–H groups in total. The summed E-state index contributed by atoms with van der Waals surface area (Å²) >= 11 is 0. The van der Waals surface area contributed by atoms with E-state index in [9.17, 15) is 4.39 Å². The van der Waals surface area contributed by atoms with Crippen LogP contribution in [0.25, 0.3) is 0 Å². The monoisotopic (exact) mass is 223 g/mol. The second kappa shape index (κ2) is 5.97. The van der Waals surface area contributed by atoms with Gasteiger partial charge in [0.2, 0.25) is 0 Å². The van der Waals surface area contributed by atoms with Crippen molar-refractivity contribution in [3.8, 4) is 0 Å². The van der Waals surface area contributed by atoms with Gasteiger partial charge in [-0.05, 0) is 36.5 Å². The molecular weight excluding hydrogens is 205 g/mol. The summed E-state index contributed by atoms with van der Waals surface area (Å²) < 4.78 is 18.3. The summed E-state index contributed by atoms with van der Waals surface area (Å²) in [5.74, 6) is 0.447. The molecule has 0 aliphatic carbocycles. The van der Waals surface area contributed by atoms with Gasteiger partial charge < -0.3 is 10.1 Å². The Morgan fingerprint density at radius 1 is 1.44 bits per heavy atom. The van der Waals surface area contributed by atoms with E-state index in [0.717, 1.165) is 38.3 Å². The smallest absolute Gasteiger partial charge is 0.123 e. The zero-order chi connectivity index (χ0) is 11.2. The fourth-order valence-corrected chi connectivity index (χ4v) is 2.04. The van der Waals surface area contributed by atoms with Gasteiger partial charge in [-0.3, -0.25) is 0 Å². The highest BCUT2D eigenvalue weighted by molar-refractivity contribution is 5.15. The van der Waals surface area contributed by atoms with Crippen molar-refractivity contribution < 1.29 is 9.13 Å². The molecule has 1 saturated heterocycles. The minimum absolute atomic E-state index is 0.166. The fraction of sp³-hybridized carbons (Fsp3) is 0.538. The lowest BCUT2D eigenvalue weighted by Crippen LogP contribution is -2.28. The van der Waals surface area contributed by atoms with E-state index in [4.69, 9.17) is 4.74 Å². The average Bonchev–Trinajstić information content (AvgIpc) is 2.30. The number of hydrogen-bond donors (Lipinski definition) is 1. The molecule has 1 aromatic carbocycles. The van der Waals surface area contributed by atoms with Crippen LogP contribution in [0.4, 0.5) is 4.39 Å². The standard InChI is InChI=1S/C13H18FNO/c14-13-5-1-3-11(7-13)8-15-9-12-4-2-6-16-10-12/h1,3,5,7,12,15H,2,4,6,8-10H2. The Kier molecular flexibility index (Phi) is 4.31. The predicted molar refractivity (Wildman–Crippen MR) is 61.6 cm³/mol. The zero-order valence-electron chi connectivity index (χ0n) is 9.42. The van der Waals surface area contributed by atoms with Gasteiger partial charge in [0.25, 0.3) is 0 Å². The lowest BCUT2D eigenvalue weighted by molar-refractivity contribution is 0.0547. The van der Waals surface area contributed by atoms with Crippen molar-refractivity contribution in [3.05, 3.63) is 35.6 Å². The molecule has 1 aliphatic heterocycles. The lowest BCUT2D eigenvalue weighted by atomic mass is 10.0. The Morgan fingerprint density at radius 2 is 2.38 bits per heavy atom. The molecule has 2 rings (SSSR count). The number of rotatable bonds is 4. The van der Waals surface area contributed by atoms with Crippen molar-refractivity contribution in [1.29, 1.82) is 0 Å². The van der Waals surface area contributed by atoms with Gasteiger partial charge in [0, 0.05) is 19.7 Å². The molecule has 1 atom stereocenters. The number of hydrogen-bond acceptors (Lipinski definition) is 2. The Hall–Kier alpha value is -0.930. The van der Waals surface area contributed by atoms with Crippen LogP contribution in [0.1, 0.15) is 18.4 Å². The van der Waals surface area contributed by atoms with Crippen LogP contribution in [0, 0.1) is 11.7 Å². The highest BCUT2D eigenvalue weighted by Crippen LogP contribution is 2.12. The Morgan fingerprint density at radius 3 is 3.12 bits per heavy atom. The molecule has 0 spiro atoms. The molecule has 0 aromatic heterocycles. The molecule has 16 heavy (non-hydrogen) atoms. The average molecular weight is 223 g/mol. The summed E-state index contributed by atoms with van der Waals surface area (Å²) in [4.78, 5) is 0. The van der Waals surface area contributed by atoms with Gasteiger partial charge in [0.1, 0.15) is 5.82 Å². The number of ether oxygens (including phenoxy) is 1. The molecular formula is C13H18FNO. The molecule has 1 heterocycles. The first kappa shape index (κ1) is 11.6. The Labute approximate surface area is 95.8 Å². The molecule has 3 heteroatoms. The summed E-state index contributed by atoms with van der Waals surface area (Å²) in [6.07, 6.45) is 2.39. The molecule has 2 nitrogen and oxygen atoms in total. The maximum Gasteiger partial charge on any atom is 0.123 e. The second-order valence-electron chi connectivity index (χ2n) is 4.34. The number of nitrogens with one attached hydrogen (secondary N) is 1. The van der Waals surface area contributed by atoms with Crippen molar-refractivity contribution >= 4 is 0 Å². The summed E-state index contributed by atoms with van der Waals surface area (Å²) in [5.41, 5.74) is 0.997. The number of benzene rings is 1. The number of halogens is 1. The molecule has 88 valence electrons. The van der Waals surface area contributed by atoms with E-state index in [2.05, 4.69) is 5.32 Å². The van der Waals surface area contributed by atoms with Gasteiger partial charge in [0.05, 0.1) is 6.61 Å². The van der Waals surface area contributed by atoms with Gasteiger partial charge >= 0.3 is 0 Å². The molecule has 1 fully saturated rings. The van der Waals surface area contributed by atoms with Crippen molar-refractivity contribution in [2.24, 2.45) is 5.92 Å². The van der Waals surface area contributed by atoms with E-state index in [1.165, 1.54) is 12.5 Å². The third-order valence-corrected chi connectivity index (χ3v) is 2.91. The van der Waals surface area contributed by atoms with Crippen molar-refractivity contribution in [2.75, 3.05) is 19.8 Å². The van der Waals surface area contributed by atoms with Gasteiger partial charge in [0.15, 0.2) is 0 Å². The first-order chi connectivity index (χ1) is 7.84. The van der Waals surface area contributed by atoms with Crippen molar-refractivity contribution in [3.63, 3.8) is 0 Å². The molecule has 1 unspecified atom stereocenters. The Bertz CT molecular complexity index is 323. The largest absolute Gasteiger partial charge is 0.381 e. The molecule has 1 aliphatic rings. The topological polar surface area (TPSA) is 21.3 Å². The van der Waals surface area contributed by atoms with Crippen LogP contribution >= 0.6 is 0 Å². The lowest BCUT2D eigenvalue weighted by Gasteiger charge is -2.22. The highest BCUT2D eigenvalue weighted by Gasteiger charge is 2.12. The highest BCUT2D eigenvalue weighted by atomic mass is 19.1. The SMILES string of the molecule is Fc1cccc(CNCC2CCCOC2)c1. The van der Waals surface area contributed by atoms with E-state index >= 15 is 0 Å². The summed E-state index contributed by atoms with van der Waals surface area (Å²) in [6.45, 7) is 3.45. The third kappa shape index (κ3) is 3.58. The van der Waals surface area contributed by atoms with E-state index in [-0.39, 0.29) is 5.82 Å². The normalized spacial score (nSPS) is 20.9. The van der Waals surface area contributed by atoms with Crippen LogP contribution in [0.5, 0.6) is 0 Å². The van der Waals surface area contributed by atoms with Crippen LogP contribution in [0.3, 0.4) is 0 Å². The molecule has 0 radical (unpaired) electrons. The van der Waals surface area contributed by atoms with Crippen LogP contribution in [-0.4, -0.2) is 19.8 Å². The van der Waals surface area contributed by atoms with Gasteiger partial charge in [-0.1, -0.05) is 12.1 Å². The zero-order valence-corrected chi connectivity index (χ0v) is 9.42. The van der Waals surface area contributed by atoms with Gasteiger partial charge in [-0.25, -0.2) is 4.39 Å². The van der Waals surface area contributed by atoms with E-state index in [1.54, 1.807) is 12.1 Å². The van der Waals surface area contributed by atoms with E-state index in [0.29, 0.717) is 5.92 Å². The van der Waals surface area contributed by atoms with Crippen LogP contribution in [0.15, 0.2) is 24.3 Å². The third-order valence-electron chi connectivity index (χ3n) is 2.91. The van der Waals surface area contributed by atoms with Crippen LogP contribution in [-0.2, 0) is 11.3 Å². The first-order valence-corrected chi connectivity index (χ1v) is 5.87. The summed E-state index contributed by atoms with van der Waals surface area (Å²) in [7, 11) is 0. The quantitative estimate of drug-likeness (QED) is 0.846. The second-order valence-corrected chi connectivity index (χ2v) is 4.34. The first-order valence-electron chi connectivity index (χ1n) is 5.87. The van der Waals surface area contributed by atoms with Crippen molar-refractivity contribution in [2.45, 2.75) is 19.4 Å². The van der Waals surface area contributed by atoms with Crippen LogP contribution < -0.4 is 5.32 Å². The van der Waals surface area contributed by atoms with E-state index < -0.39 is 0 Å². The maximum absolute atomic E-state index is 12.9. The minimum atomic E-state index is -0.166. The van der Waals surface area contributed by atoms with E-state index in [1.807, 2.05) is 6.07 Å². The predicted octanol–water partition coefficient (Wildman–Crippen LogP) is 2.34. The van der Waals surface area contributed by atoms with Gasteiger partial charge in [-0.2, -0.15) is 0 Å². The fourth-order valence-electron chi connectivity index (χ4n) is 2.04. The summed E-state index contributed by atoms with van der Waals surface area (Å²) in [5, 5.41) is 3.35. The maximum atomic E-state index is 12.9. The van der Waals surface area contributed by atoms with Gasteiger partial charge in [-0.15, -0.1) is 0 Å². The molecule has 0 saturated carbocycles. The van der Waals surface area contributed by atoms with Crippen molar-refractivity contribution in [1.82, 2.24) is 5.32 Å². The molecule has 0 amide bonds. The Balaban J connectivity index is 1.71. The molecule has 0 bridgehead atoms. The van der Waals surface area contributed by atoms with Crippen LogP contribution in [0.2, 0.25) is 0 Å².